The lowest BCUT2D eigenvalue weighted by molar-refractivity contribution is -0.160. The Hall–Kier alpha value is -3.49. The van der Waals surface area contributed by atoms with Crippen LogP contribution in [0.2, 0.25) is 0 Å². The minimum absolute atomic E-state index is 0.175. The monoisotopic (exact) mass is 546 g/mol. The van der Waals surface area contributed by atoms with Crippen molar-refractivity contribution in [3.8, 4) is 0 Å². The van der Waals surface area contributed by atoms with Gasteiger partial charge in [0, 0.05) is 12.2 Å². The van der Waals surface area contributed by atoms with Crippen LogP contribution in [0.5, 0.6) is 0 Å². The smallest absolute Gasteiger partial charge is 0.312 e. The molecule has 3 aliphatic rings. The number of amides is 2. The summed E-state index contributed by atoms with van der Waals surface area (Å²) in [6.07, 6.45) is 2.61. The molecule has 0 aliphatic carbocycles. The minimum atomic E-state index is -1.24. The zero-order chi connectivity index (χ0) is 28.8. The number of ether oxygens (including phenoxy) is 2. The molecule has 3 heterocycles. The van der Waals surface area contributed by atoms with Crippen molar-refractivity contribution in [3.63, 3.8) is 0 Å². The molecule has 8 nitrogen and oxygen atoms in total. The van der Waals surface area contributed by atoms with Crippen LogP contribution in [0.1, 0.15) is 49.4 Å². The van der Waals surface area contributed by atoms with Gasteiger partial charge in [-0.1, -0.05) is 48.5 Å². The largest absolute Gasteiger partial charge is 0.466 e. The Morgan fingerprint density at radius 3 is 2.60 bits per heavy atom. The first kappa shape index (κ1) is 28.1. The molecule has 2 aromatic carbocycles. The van der Waals surface area contributed by atoms with Gasteiger partial charge in [-0.15, -0.1) is 6.58 Å². The quantitative estimate of drug-likeness (QED) is 0.379. The molecule has 3 fully saturated rings. The molecule has 3 aliphatic heterocycles. The van der Waals surface area contributed by atoms with Crippen LogP contribution in [0.25, 0.3) is 0 Å². The molecule has 2 aromatic rings. The van der Waals surface area contributed by atoms with Gasteiger partial charge in [0.05, 0.1) is 30.8 Å². The van der Waals surface area contributed by atoms with Gasteiger partial charge in [0.1, 0.15) is 17.6 Å². The molecular weight excluding hydrogens is 508 g/mol. The molecule has 2 bridgehead atoms. The minimum Gasteiger partial charge on any atom is -0.466 e. The number of benzene rings is 2. The molecule has 40 heavy (non-hydrogen) atoms. The van der Waals surface area contributed by atoms with E-state index in [1.165, 1.54) is 4.90 Å². The van der Waals surface area contributed by atoms with Gasteiger partial charge in [-0.2, -0.15) is 0 Å². The predicted molar refractivity (Wildman–Crippen MR) is 150 cm³/mol. The Balaban J connectivity index is 1.69. The van der Waals surface area contributed by atoms with Gasteiger partial charge >= 0.3 is 5.97 Å². The van der Waals surface area contributed by atoms with E-state index in [-0.39, 0.29) is 25.0 Å². The molecule has 8 heteroatoms. The molecule has 0 saturated carbocycles. The van der Waals surface area contributed by atoms with Crippen LogP contribution in [0.15, 0.2) is 61.2 Å². The van der Waals surface area contributed by atoms with Crippen LogP contribution in [0, 0.1) is 25.7 Å². The molecule has 212 valence electrons. The summed E-state index contributed by atoms with van der Waals surface area (Å²) >= 11 is 0. The molecule has 2 amide bonds. The first-order valence-electron chi connectivity index (χ1n) is 14.0. The highest BCUT2D eigenvalue weighted by Crippen LogP contribution is 2.64. The second-order valence-electron chi connectivity index (χ2n) is 11.4. The summed E-state index contributed by atoms with van der Waals surface area (Å²) in [5.41, 5.74) is 1.14. The summed E-state index contributed by atoms with van der Waals surface area (Å²) < 4.78 is 12.2. The number of hydrogen-bond donors (Lipinski definition) is 1. The third-order valence-electron chi connectivity index (χ3n) is 8.92. The van der Waals surface area contributed by atoms with Crippen molar-refractivity contribution in [2.24, 2.45) is 11.8 Å². The maximum absolute atomic E-state index is 14.8. The maximum Gasteiger partial charge on any atom is 0.312 e. The van der Waals surface area contributed by atoms with E-state index in [0.717, 1.165) is 16.8 Å². The first-order chi connectivity index (χ1) is 19.1. The van der Waals surface area contributed by atoms with Crippen molar-refractivity contribution in [3.05, 3.63) is 77.9 Å². The van der Waals surface area contributed by atoms with E-state index in [0.29, 0.717) is 18.4 Å². The lowest BCUT2D eigenvalue weighted by Crippen LogP contribution is -2.57. The number of aliphatic hydroxyl groups excluding tert-OH is 1. The number of fused-ring (bicyclic) bond motifs is 1. The Morgan fingerprint density at radius 2 is 1.95 bits per heavy atom. The summed E-state index contributed by atoms with van der Waals surface area (Å²) in [5.74, 6) is -2.94. The number of nitrogens with zero attached hydrogens (tertiary/aromatic N) is 2. The van der Waals surface area contributed by atoms with Gasteiger partial charge in [-0.25, -0.2) is 0 Å². The summed E-state index contributed by atoms with van der Waals surface area (Å²) in [5, 5.41) is 10.7. The SMILES string of the molecule is C=CCN(C(=O)C1N([C@H](CO)c2ccccc2)C(=O)[C@@H]2[C@@H](C(=O)OCC)[C@@]3(C)CCC12O3)c1cc(C)ccc1C. The van der Waals surface area contributed by atoms with Crippen LogP contribution < -0.4 is 4.90 Å². The van der Waals surface area contributed by atoms with Gasteiger partial charge < -0.3 is 24.4 Å². The fraction of sp³-hybridized carbons (Fsp3) is 0.469. The van der Waals surface area contributed by atoms with Crippen molar-refractivity contribution in [1.82, 2.24) is 4.90 Å². The first-order valence-corrected chi connectivity index (χ1v) is 14.0. The second kappa shape index (κ2) is 10.5. The third kappa shape index (κ3) is 4.16. The Labute approximate surface area is 235 Å². The zero-order valence-electron chi connectivity index (χ0n) is 23.6. The number of rotatable bonds is 9. The predicted octanol–water partition coefficient (Wildman–Crippen LogP) is 3.88. The van der Waals surface area contributed by atoms with Crippen molar-refractivity contribution in [2.45, 2.75) is 63.8 Å². The summed E-state index contributed by atoms with van der Waals surface area (Å²) in [4.78, 5) is 45.8. The standard InChI is InChI=1S/C32H38N2O6/c1-6-17-33(23-18-20(3)13-14-21(23)4)29(37)27-32-16-15-31(5,40-32)26(30(38)39-7-2)25(32)28(36)34(27)24(19-35)22-11-9-8-10-12-22/h6,8-14,18,24-27,35H,1,7,15-17,19H2,2-5H3/t24-,25+,26+,27?,31-,32?/m1/s1. The Bertz CT molecular complexity index is 1330. The molecule has 1 N–H and O–H groups in total. The maximum atomic E-state index is 14.8. The highest BCUT2D eigenvalue weighted by molar-refractivity contribution is 6.05. The van der Waals surface area contributed by atoms with Crippen LogP contribution in [0.4, 0.5) is 5.69 Å². The Morgan fingerprint density at radius 1 is 1.23 bits per heavy atom. The normalized spacial score (nSPS) is 29.3. The van der Waals surface area contributed by atoms with Gasteiger partial charge in [0.25, 0.3) is 5.91 Å². The van der Waals surface area contributed by atoms with Crippen molar-refractivity contribution in [2.75, 3.05) is 24.7 Å². The van der Waals surface area contributed by atoms with E-state index in [1.54, 1.807) is 17.9 Å². The van der Waals surface area contributed by atoms with Gasteiger partial charge in [0.2, 0.25) is 5.91 Å². The molecular formula is C32H38N2O6. The summed E-state index contributed by atoms with van der Waals surface area (Å²) in [6, 6.07) is 13.2. The highest BCUT2D eigenvalue weighted by atomic mass is 16.6. The molecule has 3 saturated heterocycles. The average molecular weight is 547 g/mol. The number of carbonyl (C=O) groups excluding carboxylic acids is 3. The van der Waals surface area contributed by atoms with Crippen LogP contribution in [-0.4, -0.2) is 64.8 Å². The van der Waals surface area contributed by atoms with E-state index >= 15 is 0 Å². The summed E-state index contributed by atoms with van der Waals surface area (Å²) in [7, 11) is 0. The van der Waals surface area contributed by atoms with Crippen molar-refractivity contribution >= 4 is 23.5 Å². The van der Waals surface area contributed by atoms with Crippen molar-refractivity contribution < 1.29 is 29.0 Å². The number of hydrogen-bond acceptors (Lipinski definition) is 6. The lowest BCUT2D eigenvalue weighted by atomic mass is 9.66. The van der Waals surface area contributed by atoms with Crippen LogP contribution >= 0.6 is 0 Å². The number of esters is 1. The molecule has 5 rings (SSSR count). The van der Waals surface area contributed by atoms with Crippen molar-refractivity contribution in [1.29, 1.82) is 0 Å². The fourth-order valence-corrected chi connectivity index (χ4v) is 7.19. The average Bonchev–Trinajstić information content (AvgIpc) is 3.51. The van der Waals surface area contributed by atoms with E-state index in [1.807, 2.05) is 69.3 Å². The van der Waals surface area contributed by atoms with Crippen LogP contribution in [-0.2, 0) is 23.9 Å². The molecule has 0 radical (unpaired) electrons. The van der Waals surface area contributed by atoms with E-state index in [2.05, 4.69) is 6.58 Å². The second-order valence-corrected chi connectivity index (χ2v) is 11.4. The molecule has 1 spiro atoms. The van der Waals surface area contributed by atoms with E-state index < -0.39 is 47.7 Å². The van der Waals surface area contributed by atoms with E-state index in [9.17, 15) is 19.5 Å². The zero-order valence-corrected chi connectivity index (χ0v) is 23.6. The number of likely N-dealkylation sites (tertiary alicyclic amines) is 1. The number of anilines is 1. The highest BCUT2D eigenvalue weighted by Gasteiger charge is 2.79. The molecule has 6 atom stereocenters. The topological polar surface area (TPSA) is 96.4 Å². The lowest BCUT2D eigenvalue weighted by Gasteiger charge is -2.40. The Kier molecular flexibility index (Phi) is 7.35. The van der Waals surface area contributed by atoms with Crippen LogP contribution in [0.3, 0.4) is 0 Å². The third-order valence-corrected chi connectivity index (χ3v) is 8.92. The van der Waals surface area contributed by atoms with Gasteiger partial charge in [0.15, 0.2) is 0 Å². The molecule has 0 aromatic heterocycles. The van der Waals surface area contributed by atoms with Gasteiger partial charge in [-0.05, 0) is 63.3 Å². The van der Waals surface area contributed by atoms with Gasteiger partial charge in [-0.3, -0.25) is 14.4 Å². The van der Waals surface area contributed by atoms with E-state index in [4.69, 9.17) is 9.47 Å². The number of aryl methyl sites for hydroxylation is 2. The summed E-state index contributed by atoms with van der Waals surface area (Å²) in [6.45, 7) is 11.4. The molecule has 2 unspecified atom stereocenters. The number of aliphatic hydroxyl groups is 1. The number of carbonyl (C=O) groups is 3. The fourth-order valence-electron chi connectivity index (χ4n) is 7.19.